The lowest BCUT2D eigenvalue weighted by Crippen LogP contribution is -2.38. The lowest BCUT2D eigenvalue weighted by atomic mass is 9.99. The molecule has 0 aliphatic carbocycles. The summed E-state index contributed by atoms with van der Waals surface area (Å²) in [6.07, 6.45) is 0. The Morgan fingerprint density at radius 2 is 2.20 bits per heavy atom. The number of nitrogens with one attached hydrogen (secondary N) is 1. The number of carbonyl (C=O) groups is 1. The SMILES string of the molecule is Cc1cc(C(=O)NCC(C)(O)c2ccsc2)ccc1Cl. The Labute approximate surface area is 127 Å². The van der Waals surface area contributed by atoms with Gasteiger partial charge in [-0.1, -0.05) is 11.6 Å². The summed E-state index contributed by atoms with van der Waals surface area (Å²) in [4.78, 5) is 12.1. The largest absolute Gasteiger partial charge is 0.384 e. The molecule has 2 N–H and O–H groups in total. The molecule has 2 aromatic rings. The van der Waals surface area contributed by atoms with Crippen molar-refractivity contribution in [1.29, 1.82) is 0 Å². The second-order valence-electron chi connectivity index (χ2n) is 4.93. The fourth-order valence-electron chi connectivity index (χ4n) is 1.81. The molecule has 0 aliphatic heterocycles. The van der Waals surface area contributed by atoms with Gasteiger partial charge in [0.05, 0.1) is 6.54 Å². The Morgan fingerprint density at radius 1 is 1.45 bits per heavy atom. The van der Waals surface area contributed by atoms with Crippen molar-refractivity contribution in [3.63, 3.8) is 0 Å². The molecule has 106 valence electrons. The third-order valence-corrected chi connectivity index (χ3v) is 4.26. The lowest BCUT2D eigenvalue weighted by molar-refractivity contribution is 0.0530. The van der Waals surface area contributed by atoms with Crippen LogP contribution in [0.2, 0.25) is 5.02 Å². The third kappa shape index (κ3) is 3.39. The molecule has 2 rings (SSSR count). The molecule has 1 amide bonds. The predicted molar refractivity (Wildman–Crippen MR) is 82.4 cm³/mol. The van der Waals surface area contributed by atoms with Crippen LogP contribution >= 0.6 is 22.9 Å². The van der Waals surface area contributed by atoms with E-state index in [1.54, 1.807) is 25.1 Å². The Bertz CT molecular complexity index is 608. The monoisotopic (exact) mass is 309 g/mol. The fourth-order valence-corrected chi connectivity index (χ4v) is 2.71. The van der Waals surface area contributed by atoms with Crippen molar-refractivity contribution in [2.45, 2.75) is 19.4 Å². The normalized spacial score (nSPS) is 13.8. The maximum atomic E-state index is 12.1. The van der Waals surface area contributed by atoms with Crippen molar-refractivity contribution in [3.8, 4) is 0 Å². The van der Waals surface area contributed by atoms with Crippen LogP contribution in [0.25, 0.3) is 0 Å². The highest BCUT2D eigenvalue weighted by Crippen LogP contribution is 2.22. The van der Waals surface area contributed by atoms with Gasteiger partial charge in [-0.3, -0.25) is 4.79 Å². The molecule has 0 fully saturated rings. The minimum absolute atomic E-state index is 0.157. The first-order chi connectivity index (χ1) is 9.40. The first-order valence-corrected chi connectivity index (χ1v) is 7.51. The number of thiophene rings is 1. The summed E-state index contributed by atoms with van der Waals surface area (Å²) >= 11 is 7.45. The van der Waals surface area contributed by atoms with E-state index in [4.69, 9.17) is 11.6 Å². The molecule has 1 aromatic heterocycles. The van der Waals surface area contributed by atoms with Crippen molar-refractivity contribution in [2.75, 3.05) is 6.54 Å². The van der Waals surface area contributed by atoms with Crippen LogP contribution < -0.4 is 5.32 Å². The van der Waals surface area contributed by atoms with Gasteiger partial charge >= 0.3 is 0 Å². The van der Waals surface area contributed by atoms with Gasteiger partial charge < -0.3 is 10.4 Å². The highest BCUT2D eigenvalue weighted by atomic mass is 35.5. The van der Waals surface area contributed by atoms with Crippen LogP contribution in [0.4, 0.5) is 0 Å². The quantitative estimate of drug-likeness (QED) is 0.910. The van der Waals surface area contributed by atoms with Crippen LogP contribution in [0.3, 0.4) is 0 Å². The fraction of sp³-hybridized carbons (Fsp3) is 0.267. The van der Waals surface area contributed by atoms with Gasteiger partial charge in [0.25, 0.3) is 5.91 Å². The van der Waals surface area contributed by atoms with Gasteiger partial charge in [-0.05, 0) is 60.0 Å². The van der Waals surface area contributed by atoms with Crippen LogP contribution in [0.5, 0.6) is 0 Å². The highest BCUT2D eigenvalue weighted by molar-refractivity contribution is 7.08. The molecule has 0 bridgehead atoms. The minimum atomic E-state index is -1.07. The number of hydrogen-bond donors (Lipinski definition) is 2. The second kappa shape index (κ2) is 5.95. The van der Waals surface area contributed by atoms with Gasteiger partial charge in [0, 0.05) is 10.6 Å². The van der Waals surface area contributed by atoms with Gasteiger partial charge in [-0.25, -0.2) is 0 Å². The Kier molecular flexibility index (Phi) is 4.48. The van der Waals surface area contributed by atoms with Crippen molar-refractivity contribution in [3.05, 3.63) is 56.7 Å². The van der Waals surface area contributed by atoms with Gasteiger partial charge in [-0.2, -0.15) is 11.3 Å². The number of rotatable bonds is 4. The van der Waals surface area contributed by atoms with E-state index in [1.165, 1.54) is 11.3 Å². The molecule has 1 heterocycles. The van der Waals surface area contributed by atoms with Gasteiger partial charge in [0.1, 0.15) is 5.60 Å². The van der Waals surface area contributed by atoms with E-state index >= 15 is 0 Å². The van der Waals surface area contributed by atoms with E-state index in [-0.39, 0.29) is 12.5 Å². The molecule has 1 atom stereocenters. The molecule has 1 aromatic carbocycles. The average Bonchev–Trinajstić information content (AvgIpc) is 2.94. The standard InChI is InChI=1S/C15H16ClNO2S/c1-10-7-11(3-4-13(10)16)14(18)17-9-15(2,19)12-5-6-20-8-12/h3-8,19H,9H2,1-2H3,(H,17,18). The highest BCUT2D eigenvalue weighted by Gasteiger charge is 2.24. The molecule has 3 nitrogen and oxygen atoms in total. The molecule has 0 spiro atoms. The van der Waals surface area contributed by atoms with E-state index in [1.807, 2.05) is 23.8 Å². The van der Waals surface area contributed by atoms with Crippen LogP contribution in [-0.4, -0.2) is 17.6 Å². The summed E-state index contributed by atoms with van der Waals surface area (Å²) < 4.78 is 0. The lowest BCUT2D eigenvalue weighted by Gasteiger charge is -2.22. The van der Waals surface area contributed by atoms with Gasteiger partial charge in [-0.15, -0.1) is 0 Å². The Balaban J connectivity index is 2.03. The third-order valence-electron chi connectivity index (χ3n) is 3.16. The van der Waals surface area contributed by atoms with Gasteiger partial charge in [0.15, 0.2) is 0 Å². The van der Waals surface area contributed by atoms with E-state index in [0.29, 0.717) is 10.6 Å². The maximum Gasteiger partial charge on any atom is 0.251 e. The molecular weight excluding hydrogens is 294 g/mol. The number of halogens is 1. The topological polar surface area (TPSA) is 49.3 Å². The van der Waals surface area contributed by atoms with Crippen molar-refractivity contribution < 1.29 is 9.90 Å². The maximum absolute atomic E-state index is 12.1. The smallest absolute Gasteiger partial charge is 0.251 e. The Morgan fingerprint density at radius 3 is 2.80 bits per heavy atom. The van der Waals surface area contributed by atoms with Crippen LogP contribution in [0.1, 0.15) is 28.4 Å². The molecule has 0 aliphatic rings. The Hall–Kier alpha value is -1.36. The van der Waals surface area contributed by atoms with Crippen molar-refractivity contribution in [1.82, 2.24) is 5.32 Å². The molecule has 0 saturated carbocycles. The van der Waals surface area contributed by atoms with E-state index < -0.39 is 5.60 Å². The minimum Gasteiger partial charge on any atom is -0.384 e. The van der Waals surface area contributed by atoms with Gasteiger partial charge in [0.2, 0.25) is 0 Å². The molecule has 20 heavy (non-hydrogen) atoms. The summed E-state index contributed by atoms with van der Waals surface area (Å²) in [5.41, 5.74) is 1.11. The number of carbonyl (C=O) groups excluding carboxylic acids is 1. The van der Waals surface area contributed by atoms with Crippen molar-refractivity contribution >= 4 is 28.8 Å². The summed E-state index contributed by atoms with van der Waals surface area (Å²) in [6, 6.07) is 6.95. The zero-order valence-electron chi connectivity index (χ0n) is 11.3. The molecule has 0 radical (unpaired) electrons. The van der Waals surface area contributed by atoms with Crippen LogP contribution in [0.15, 0.2) is 35.0 Å². The van der Waals surface area contributed by atoms with E-state index in [2.05, 4.69) is 5.32 Å². The van der Waals surface area contributed by atoms with Crippen molar-refractivity contribution in [2.24, 2.45) is 0 Å². The summed E-state index contributed by atoms with van der Waals surface area (Å²) in [7, 11) is 0. The predicted octanol–water partition coefficient (Wildman–Crippen LogP) is 3.35. The molecular formula is C15H16ClNO2S. The van der Waals surface area contributed by atoms with E-state index in [0.717, 1.165) is 11.1 Å². The number of aryl methyl sites for hydroxylation is 1. The molecule has 1 unspecified atom stereocenters. The number of benzene rings is 1. The van der Waals surface area contributed by atoms with Crippen LogP contribution in [0, 0.1) is 6.92 Å². The van der Waals surface area contributed by atoms with E-state index in [9.17, 15) is 9.90 Å². The second-order valence-corrected chi connectivity index (χ2v) is 6.12. The number of aliphatic hydroxyl groups is 1. The molecule has 5 heteroatoms. The number of hydrogen-bond acceptors (Lipinski definition) is 3. The number of amides is 1. The van der Waals surface area contributed by atoms with Crippen LogP contribution in [-0.2, 0) is 5.60 Å². The first kappa shape index (κ1) is 15.0. The summed E-state index contributed by atoms with van der Waals surface area (Å²) in [5, 5.41) is 17.5. The first-order valence-electron chi connectivity index (χ1n) is 6.19. The summed E-state index contributed by atoms with van der Waals surface area (Å²) in [6.45, 7) is 3.69. The molecule has 0 saturated heterocycles. The average molecular weight is 310 g/mol. The zero-order valence-corrected chi connectivity index (χ0v) is 12.9. The summed E-state index contributed by atoms with van der Waals surface area (Å²) in [5.74, 6) is -0.222. The zero-order chi connectivity index (χ0) is 14.8.